The highest BCUT2D eigenvalue weighted by atomic mass is 16.1. The van der Waals surface area contributed by atoms with E-state index in [4.69, 9.17) is 0 Å². The summed E-state index contributed by atoms with van der Waals surface area (Å²) in [6, 6.07) is 32.3. The first kappa shape index (κ1) is 22.8. The van der Waals surface area contributed by atoms with Crippen LogP contribution in [0.5, 0.6) is 0 Å². The molecule has 1 N–H and O–H groups in total. The molecule has 182 valence electrons. The van der Waals surface area contributed by atoms with Gasteiger partial charge in [0.2, 0.25) is 0 Å². The van der Waals surface area contributed by atoms with E-state index in [0.717, 1.165) is 49.3 Å². The maximum absolute atomic E-state index is 13.7. The van der Waals surface area contributed by atoms with E-state index in [1.165, 1.54) is 21.9 Å². The largest absolute Gasteiger partial charge is 0.368 e. The number of hydrogen-bond acceptors (Lipinski definition) is 3. The molecule has 2 fully saturated rings. The van der Waals surface area contributed by atoms with Gasteiger partial charge in [-0.3, -0.25) is 9.69 Å². The number of rotatable bonds is 5. The minimum atomic E-state index is -0.271. The lowest BCUT2D eigenvalue weighted by Gasteiger charge is -2.41. The van der Waals surface area contributed by atoms with E-state index in [0.29, 0.717) is 6.04 Å². The van der Waals surface area contributed by atoms with Crippen LogP contribution in [0.4, 0.5) is 5.69 Å². The number of aryl methyl sites for hydroxylation is 1. The highest BCUT2D eigenvalue weighted by Crippen LogP contribution is 2.48. The van der Waals surface area contributed by atoms with Gasteiger partial charge in [0.25, 0.3) is 5.91 Å². The average Bonchev–Trinajstić information content (AvgIpc) is 3.69. The molecule has 0 aromatic heterocycles. The molecular formula is C32H33N3O. The fourth-order valence-electron chi connectivity index (χ4n) is 5.71. The van der Waals surface area contributed by atoms with Crippen LogP contribution in [0.2, 0.25) is 0 Å². The van der Waals surface area contributed by atoms with E-state index in [1.54, 1.807) is 0 Å². The van der Waals surface area contributed by atoms with Gasteiger partial charge < -0.3 is 10.2 Å². The van der Waals surface area contributed by atoms with E-state index in [9.17, 15) is 4.79 Å². The molecule has 0 radical (unpaired) electrons. The lowest BCUT2D eigenvalue weighted by Crippen LogP contribution is -2.46. The predicted molar refractivity (Wildman–Crippen MR) is 148 cm³/mol. The van der Waals surface area contributed by atoms with Crippen LogP contribution in [0.3, 0.4) is 0 Å². The number of nitrogens with zero attached hydrogens (tertiary/aromatic N) is 2. The van der Waals surface area contributed by atoms with Gasteiger partial charge in [0, 0.05) is 30.9 Å². The Morgan fingerprint density at radius 1 is 0.889 bits per heavy atom. The summed E-state index contributed by atoms with van der Waals surface area (Å²) in [6.45, 7) is 4.88. The van der Waals surface area contributed by atoms with Crippen molar-refractivity contribution in [2.75, 3.05) is 31.6 Å². The Morgan fingerprint density at radius 3 is 2.44 bits per heavy atom. The summed E-state index contributed by atoms with van der Waals surface area (Å²) in [5, 5.41) is 5.89. The Morgan fingerprint density at radius 2 is 1.64 bits per heavy atom. The summed E-state index contributed by atoms with van der Waals surface area (Å²) < 4.78 is 0. The Hall–Kier alpha value is -3.63. The van der Waals surface area contributed by atoms with Crippen molar-refractivity contribution in [1.29, 1.82) is 0 Å². The van der Waals surface area contributed by atoms with Crippen molar-refractivity contribution in [3.63, 3.8) is 0 Å². The molecule has 2 aliphatic rings. The molecule has 4 aromatic rings. The third kappa shape index (κ3) is 4.16. The highest BCUT2D eigenvalue weighted by molar-refractivity contribution is 5.98. The van der Waals surface area contributed by atoms with Crippen LogP contribution in [0.1, 0.15) is 45.9 Å². The average molecular weight is 476 g/mol. The third-order valence-electron chi connectivity index (χ3n) is 8.07. The van der Waals surface area contributed by atoms with Crippen molar-refractivity contribution in [1.82, 2.24) is 10.2 Å². The summed E-state index contributed by atoms with van der Waals surface area (Å²) in [7, 11) is 2.20. The molecule has 1 heterocycles. The zero-order valence-corrected chi connectivity index (χ0v) is 21.1. The zero-order chi connectivity index (χ0) is 24.7. The smallest absolute Gasteiger partial charge is 0.252 e. The van der Waals surface area contributed by atoms with Crippen LogP contribution in [0.25, 0.3) is 10.8 Å². The van der Waals surface area contributed by atoms with Gasteiger partial charge in [-0.2, -0.15) is 0 Å². The number of anilines is 1. The summed E-state index contributed by atoms with van der Waals surface area (Å²) in [6.07, 6.45) is 1.95. The summed E-state index contributed by atoms with van der Waals surface area (Å²) >= 11 is 0. The maximum atomic E-state index is 13.7. The van der Waals surface area contributed by atoms with Crippen molar-refractivity contribution in [2.45, 2.75) is 31.3 Å². The van der Waals surface area contributed by atoms with Crippen molar-refractivity contribution in [3.8, 4) is 0 Å². The number of carbonyl (C=O) groups is 1. The Kier molecular flexibility index (Phi) is 5.77. The van der Waals surface area contributed by atoms with E-state index >= 15 is 0 Å². The number of hydrogen-bond donors (Lipinski definition) is 1. The molecule has 1 atom stereocenters. The SMILES string of the molecule is Cc1ccc(N2CCN(C)C(c3ccccc3)C2)cc1C(=O)NC1(c2cccc3ccccc23)CC1. The summed E-state index contributed by atoms with van der Waals surface area (Å²) in [4.78, 5) is 18.5. The first-order valence-corrected chi connectivity index (χ1v) is 13.0. The van der Waals surface area contributed by atoms with Gasteiger partial charge in [0.1, 0.15) is 0 Å². The van der Waals surface area contributed by atoms with Crippen LogP contribution < -0.4 is 10.2 Å². The topological polar surface area (TPSA) is 35.6 Å². The first-order valence-electron chi connectivity index (χ1n) is 13.0. The minimum absolute atomic E-state index is 0.0218. The van der Waals surface area contributed by atoms with Gasteiger partial charge in [0.15, 0.2) is 0 Å². The molecular weight excluding hydrogens is 442 g/mol. The van der Waals surface area contributed by atoms with E-state index in [2.05, 4.69) is 113 Å². The molecule has 36 heavy (non-hydrogen) atoms. The second kappa shape index (κ2) is 9.11. The molecule has 1 aliphatic heterocycles. The highest BCUT2D eigenvalue weighted by Gasteiger charge is 2.46. The zero-order valence-electron chi connectivity index (χ0n) is 21.1. The number of nitrogens with one attached hydrogen (secondary N) is 1. The molecule has 1 aliphatic carbocycles. The van der Waals surface area contributed by atoms with Crippen LogP contribution in [0, 0.1) is 6.92 Å². The lowest BCUT2D eigenvalue weighted by molar-refractivity contribution is 0.0930. The molecule has 4 heteroatoms. The van der Waals surface area contributed by atoms with E-state index in [-0.39, 0.29) is 11.4 Å². The minimum Gasteiger partial charge on any atom is -0.368 e. The molecule has 0 bridgehead atoms. The molecule has 1 amide bonds. The van der Waals surface area contributed by atoms with Crippen LogP contribution in [-0.2, 0) is 5.54 Å². The quantitative estimate of drug-likeness (QED) is 0.381. The van der Waals surface area contributed by atoms with Crippen molar-refractivity contribution >= 4 is 22.4 Å². The first-order chi connectivity index (χ1) is 17.5. The second-order valence-electron chi connectivity index (χ2n) is 10.4. The second-order valence-corrected chi connectivity index (χ2v) is 10.4. The molecule has 0 spiro atoms. The third-order valence-corrected chi connectivity index (χ3v) is 8.07. The number of fused-ring (bicyclic) bond motifs is 1. The van der Waals surface area contributed by atoms with Crippen molar-refractivity contribution < 1.29 is 4.79 Å². The predicted octanol–water partition coefficient (Wildman–Crippen LogP) is 6.06. The van der Waals surface area contributed by atoms with Gasteiger partial charge >= 0.3 is 0 Å². The fraction of sp³-hybridized carbons (Fsp3) is 0.281. The normalized spacial score (nSPS) is 19.3. The Balaban J connectivity index is 1.26. The molecule has 1 saturated carbocycles. The van der Waals surface area contributed by atoms with Crippen molar-refractivity contribution in [2.24, 2.45) is 0 Å². The van der Waals surface area contributed by atoms with Gasteiger partial charge in [-0.25, -0.2) is 0 Å². The standard InChI is InChI=1S/C32H33N3O/c1-23-15-16-26(35-20-19-34(2)30(22-35)25-10-4-3-5-11-25)21-28(23)31(36)33-32(17-18-32)29-14-8-12-24-9-6-7-13-27(24)29/h3-16,21,30H,17-20,22H2,1-2H3,(H,33,36). The van der Waals surface area contributed by atoms with E-state index in [1.807, 2.05) is 6.92 Å². The summed E-state index contributed by atoms with van der Waals surface area (Å²) in [5.41, 5.74) is 5.20. The number of carbonyl (C=O) groups excluding carboxylic acids is 1. The Labute approximate surface area is 213 Å². The van der Waals surface area contributed by atoms with Gasteiger partial charge in [-0.15, -0.1) is 0 Å². The van der Waals surface area contributed by atoms with Crippen LogP contribution >= 0.6 is 0 Å². The van der Waals surface area contributed by atoms with Gasteiger partial charge in [-0.1, -0.05) is 78.9 Å². The van der Waals surface area contributed by atoms with Gasteiger partial charge in [-0.05, 0) is 66.4 Å². The molecule has 4 aromatic carbocycles. The van der Waals surface area contributed by atoms with Crippen LogP contribution in [-0.4, -0.2) is 37.5 Å². The molecule has 1 saturated heterocycles. The number of piperazine rings is 1. The van der Waals surface area contributed by atoms with Crippen LogP contribution in [0.15, 0.2) is 91.0 Å². The molecule has 6 rings (SSSR count). The maximum Gasteiger partial charge on any atom is 0.252 e. The number of amides is 1. The van der Waals surface area contributed by atoms with Crippen molar-refractivity contribution in [3.05, 3.63) is 113 Å². The fourth-order valence-corrected chi connectivity index (χ4v) is 5.71. The number of benzene rings is 4. The van der Waals surface area contributed by atoms with Gasteiger partial charge in [0.05, 0.1) is 11.6 Å². The Bertz CT molecular complexity index is 1400. The molecule has 4 nitrogen and oxygen atoms in total. The lowest BCUT2D eigenvalue weighted by atomic mass is 9.96. The van der Waals surface area contributed by atoms with E-state index < -0.39 is 0 Å². The number of likely N-dealkylation sites (N-methyl/N-ethyl adjacent to an activating group) is 1. The monoisotopic (exact) mass is 475 g/mol. The molecule has 1 unspecified atom stereocenters. The summed E-state index contributed by atoms with van der Waals surface area (Å²) in [5.74, 6) is 0.0218.